The minimum Gasteiger partial charge on any atom is -0.294 e. The monoisotopic (exact) mass is 358 g/mol. The van der Waals surface area contributed by atoms with Gasteiger partial charge in [-0.2, -0.15) is 10.5 Å². The molecule has 27 heavy (non-hydrogen) atoms. The van der Waals surface area contributed by atoms with Gasteiger partial charge in [0.05, 0.1) is 11.1 Å². The van der Waals surface area contributed by atoms with Crippen LogP contribution in [0.4, 0.5) is 8.78 Å². The second kappa shape index (κ2) is 7.19. The first kappa shape index (κ1) is 18.0. The van der Waals surface area contributed by atoms with E-state index in [0.29, 0.717) is 22.3 Å². The number of rotatable bonds is 3. The molecule has 0 aliphatic carbocycles. The topological polar surface area (TPSA) is 64.7 Å². The fourth-order valence-corrected chi connectivity index (χ4v) is 2.98. The summed E-state index contributed by atoms with van der Waals surface area (Å²) >= 11 is 0. The van der Waals surface area contributed by atoms with Crippen molar-refractivity contribution in [2.75, 3.05) is 0 Å². The lowest BCUT2D eigenvalue weighted by Crippen LogP contribution is -2.00. The minimum atomic E-state index is -0.675. The molecule has 0 unspecified atom stereocenters. The first-order valence-electron chi connectivity index (χ1n) is 8.01. The molecule has 0 saturated carbocycles. The highest BCUT2D eigenvalue weighted by Crippen LogP contribution is 2.33. The van der Waals surface area contributed by atoms with Crippen molar-refractivity contribution in [1.82, 2.24) is 0 Å². The van der Waals surface area contributed by atoms with Gasteiger partial charge >= 0.3 is 0 Å². The normalized spacial score (nSPS) is 10.1. The molecule has 130 valence electrons. The molecule has 0 fully saturated rings. The number of benzene rings is 3. The number of hydrogen-bond acceptors (Lipinski definition) is 3. The van der Waals surface area contributed by atoms with Gasteiger partial charge in [0.2, 0.25) is 0 Å². The Kier molecular flexibility index (Phi) is 4.79. The van der Waals surface area contributed by atoms with Crippen LogP contribution >= 0.6 is 0 Å². The van der Waals surface area contributed by atoms with Crippen LogP contribution in [-0.2, 0) is 0 Å². The Labute approximate surface area is 154 Å². The lowest BCUT2D eigenvalue weighted by Gasteiger charge is -2.13. The molecule has 0 bridgehead atoms. The summed E-state index contributed by atoms with van der Waals surface area (Å²) in [6.45, 7) is 1.35. The summed E-state index contributed by atoms with van der Waals surface area (Å²) in [6, 6.07) is 16.8. The highest BCUT2D eigenvalue weighted by atomic mass is 19.1. The molecule has 5 heteroatoms. The summed E-state index contributed by atoms with van der Waals surface area (Å²) in [4.78, 5) is 12.2. The lowest BCUT2D eigenvalue weighted by molar-refractivity contribution is 0.101. The number of hydrogen-bond donors (Lipinski definition) is 0. The molecule has 3 rings (SSSR count). The van der Waals surface area contributed by atoms with Crippen LogP contribution < -0.4 is 0 Å². The molecular weight excluding hydrogens is 346 g/mol. The Balaban J connectivity index is 2.27. The first-order valence-corrected chi connectivity index (χ1v) is 8.01. The molecule has 0 atom stereocenters. The third kappa shape index (κ3) is 3.19. The number of ketones is 1. The van der Waals surface area contributed by atoms with E-state index in [0.717, 1.165) is 0 Å². The molecule has 0 N–H and O–H groups in total. The highest BCUT2D eigenvalue weighted by Gasteiger charge is 2.18. The number of halogens is 2. The maximum atomic E-state index is 14.0. The Hall–Kier alpha value is -3.83. The van der Waals surface area contributed by atoms with E-state index >= 15 is 0 Å². The van der Waals surface area contributed by atoms with Crippen molar-refractivity contribution in [1.29, 1.82) is 10.5 Å². The molecule has 0 aromatic heterocycles. The summed E-state index contributed by atoms with van der Waals surface area (Å²) in [5.74, 6) is -1.62. The number of Topliss-reactive ketones (excluding diaryl/α,β-unsaturated/α-hetero) is 1. The van der Waals surface area contributed by atoms with E-state index < -0.39 is 11.6 Å². The van der Waals surface area contributed by atoms with Gasteiger partial charge in [0.1, 0.15) is 23.8 Å². The number of carbonyl (C=O) groups excluding carboxylic acids is 1. The van der Waals surface area contributed by atoms with Crippen molar-refractivity contribution in [2.45, 2.75) is 6.92 Å². The van der Waals surface area contributed by atoms with E-state index in [4.69, 9.17) is 0 Å². The third-order valence-electron chi connectivity index (χ3n) is 4.25. The summed E-state index contributed by atoms with van der Waals surface area (Å²) in [7, 11) is 0. The fraction of sp³-hybridized carbons (Fsp3) is 0.0455. The van der Waals surface area contributed by atoms with Crippen molar-refractivity contribution >= 4 is 5.78 Å². The van der Waals surface area contributed by atoms with Crippen LogP contribution in [0.3, 0.4) is 0 Å². The predicted molar refractivity (Wildman–Crippen MR) is 96.7 cm³/mol. The summed E-state index contributed by atoms with van der Waals surface area (Å²) in [5, 5.41) is 18.5. The van der Waals surface area contributed by atoms with E-state index in [9.17, 15) is 24.1 Å². The lowest BCUT2D eigenvalue weighted by atomic mass is 9.90. The Morgan fingerprint density at radius 1 is 0.815 bits per heavy atom. The van der Waals surface area contributed by atoms with E-state index in [1.807, 2.05) is 12.1 Å². The largest absolute Gasteiger partial charge is 0.294 e. The molecule has 3 aromatic rings. The summed E-state index contributed by atoms with van der Waals surface area (Å²) in [5.41, 5.74) is 1.51. The minimum absolute atomic E-state index is 0.122. The van der Waals surface area contributed by atoms with Gasteiger partial charge in [-0.25, -0.2) is 8.78 Å². The van der Waals surface area contributed by atoms with Gasteiger partial charge in [0.15, 0.2) is 5.78 Å². The van der Waals surface area contributed by atoms with Crippen molar-refractivity contribution < 1.29 is 13.6 Å². The Morgan fingerprint density at radius 2 is 1.37 bits per heavy atom. The van der Waals surface area contributed by atoms with Gasteiger partial charge in [-0.15, -0.1) is 0 Å². The summed E-state index contributed by atoms with van der Waals surface area (Å²) < 4.78 is 27.9. The molecule has 0 heterocycles. The van der Waals surface area contributed by atoms with Crippen LogP contribution in [0.5, 0.6) is 0 Å². The zero-order valence-electron chi connectivity index (χ0n) is 14.3. The maximum absolute atomic E-state index is 14.0. The molecule has 0 amide bonds. The maximum Gasteiger partial charge on any atom is 0.160 e. The zero-order valence-corrected chi connectivity index (χ0v) is 14.3. The molecule has 3 nitrogen and oxygen atoms in total. The van der Waals surface area contributed by atoms with E-state index in [1.165, 1.54) is 37.3 Å². The van der Waals surface area contributed by atoms with E-state index in [-0.39, 0.29) is 22.5 Å². The number of nitriles is 2. The van der Waals surface area contributed by atoms with Crippen molar-refractivity contribution in [3.63, 3.8) is 0 Å². The molecule has 3 aromatic carbocycles. The second-order valence-electron chi connectivity index (χ2n) is 5.86. The number of carbonyl (C=O) groups is 1. The average molecular weight is 358 g/mol. The molecule has 0 radical (unpaired) electrons. The second-order valence-corrected chi connectivity index (χ2v) is 5.86. The smallest absolute Gasteiger partial charge is 0.160 e. The van der Waals surface area contributed by atoms with E-state index in [2.05, 4.69) is 0 Å². The van der Waals surface area contributed by atoms with Gasteiger partial charge in [-0.1, -0.05) is 36.4 Å². The third-order valence-corrected chi connectivity index (χ3v) is 4.25. The van der Waals surface area contributed by atoms with Gasteiger partial charge in [-0.3, -0.25) is 4.79 Å². The van der Waals surface area contributed by atoms with Crippen LogP contribution in [0, 0.1) is 34.3 Å². The van der Waals surface area contributed by atoms with Crippen molar-refractivity contribution in [3.8, 4) is 34.4 Å². The standard InChI is InChI=1S/C22H12F2N2O/c1-13(27)18-10-14(15-4-2-6-21(23)19(15)11-25)8-9-17(18)16-5-3-7-22(24)20(16)12-26/h2-10H,1H3. The summed E-state index contributed by atoms with van der Waals surface area (Å²) in [6.07, 6.45) is 0. The SMILES string of the molecule is CC(=O)c1cc(-c2cccc(F)c2C#N)ccc1-c1cccc(F)c1C#N. The quantitative estimate of drug-likeness (QED) is 0.601. The predicted octanol–water partition coefficient (Wildman–Crippen LogP) is 5.24. The Morgan fingerprint density at radius 3 is 1.93 bits per heavy atom. The molecule has 0 aliphatic rings. The van der Waals surface area contributed by atoms with Crippen LogP contribution in [0.25, 0.3) is 22.3 Å². The van der Waals surface area contributed by atoms with E-state index in [1.54, 1.807) is 24.3 Å². The average Bonchev–Trinajstić information content (AvgIpc) is 2.67. The van der Waals surface area contributed by atoms with Gasteiger partial charge in [0, 0.05) is 16.7 Å². The zero-order chi connectivity index (χ0) is 19.6. The van der Waals surface area contributed by atoms with Crippen LogP contribution in [-0.4, -0.2) is 5.78 Å². The molecule has 0 aliphatic heterocycles. The van der Waals surface area contributed by atoms with Gasteiger partial charge in [-0.05, 0) is 36.2 Å². The van der Waals surface area contributed by atoms with Crippen LogP contribution in [0.15, 0.2) is 54.6 Å². The fourth-order valence-electron chi connectivity index (χ4n) is 2.98. The first-order chi connectivity index (χ1) is 13.0. The van der Waals surface area contributed by atoms with Crippen LogP contribution in [0.2, 0.25) is 0 Å². The Bertz CT molecular complexity index is 1150. The number of nitrogens with zero attached hydrogens (tertiary/aromatic N) is 2. The van der Waals surface area contributed by atoms with Gasteiger partial charge < -0.3 is 0 Å². The molecular formula is C22H12F2N2O. The van der Waals surface area contributed by atoms with Crippen LogP contribution in [0.1, 0.15) is 28.4 Å². The van der Waals surface area contributed by atoms with Crippen molar-refractivity contribution in [2.24, 2.45) is 0 Å². The molecule has 0 spiro atoms. The molecule has 0 saturated heterocycles. The van der Waals surface area contributed by atoms with Crippen molar-refractivity contribution in [3.05, 3.63) is 82.9 Å². The highest BCUT2D eigenvalue weighted by molar-refractivity contribution is 6.02. The van der Waals surface area contributed by atoms with Gasteiger partial charge in [0.25, 0.3) is 0 Å².